The Morgan fingerprint density at radius 1 is 1.38 bits per heavy atom. The molecule has 0 bridgehead atoms. The Bertz CT molecular complexity index is 856. The maximum absolute atomic E-state index is 12.7. The lowest BCUT2D eigenvalue weighted by Gasteiger charge is -2.14. The van der Waals surface area contributed by atoms with Crippen LogP contribution in [0.2, 0.25) is 0 Å². The minimum absolute atomic E-state index is 0.0367. The number of nitrogens with zero attached hydrogens (tertiary/aromatic N) is 3. The van der Waals surface area contributed by atoms with Gasteiger partial charge >= 0.3 is 0 Å². The summed E-state index contributed by atoms with van der Waals surface area (Å²) in [4.78, 5) is 19.4. The summed E-state index contributed by atoms with van der Waals surface area (Å²) in [5.74, 6) is 0.979. The molecule has 3 rings (SSSR count). The molecule has 2 heterocycles. The molecule has 0 atom stereocenters. The van der Waals surface area contributed by atoms with Gasteiger partial charge in [0, 0.05) is 25.3 Å². The third kappa shape index (κ3) is 3.32. The van der Waals surface area contributed by atoms with Crippen LogP contribution >= 0.6 is 11.3 Å². The van der Waals surface area contributed by atoms with Crippen molar-refractivity contribution in [2.45, 2.75) is 19.9 Å². The molecule has 1 amide bonds. The largest absolute Gasteiger partial charge is 0.384 e. The number of aromatic nitrogens is 2. The number of aryl methyl sites for hydroxylation is 1. The summed E-state index contributed by atoms with van der Waals surface area (Å²) in [5.41, 5.74) is 1.01. The van der Waals surface area contributed by atoms with Gasteiger partial charge in [-0.15, -0.1) is 11.3 Å². The van der Waals surface area contributed by atoms with Crippen LogP contribution in [0.25, 0.3) is 10.1 Å². The number of carbonyl (C=O) groups is 1. The molecule has 0 aliphatic heterocycles. The SMILES string of the molecule is COCCc1noc(CN(C)C(=O)c2sc3ccccc3c2C)n1. The van der Waals surface area contributed by atoms with Crippen molar-refractivity contribution in [1.29, 1.82) is 0 Å². The highest BCUT2D eigenvalue weighted by atomic mass is 32.1. The molecule has 24 heavy (non-hydrogen) atoms. The van der Waals surface area contributed by atoms with Crippen LogP contribution in [0.1, 0.15) is 27.0 Å². The zero-order chi connectivity index (χ0) is 17.1. The number of hydrogen-bond donors (Lipinski definition) is 0. The van der Waals surface area contributed by atoms with E-state index in [1.807, 2.05) is 31.2 Å². The van der Waals surface area contributed by atoms with Gasteiger partial charge in [0.25, 0.3) is 5.91 Å². The molecule has 0 spiro atoms. The number of methoxy groups -OCH3 is 1. The molecule has 0 saturated carbocycles. The van der Waals surface area contributed by atoms with E-state index in [2.05, 4.69) is 10.1 Å². The third-order valence-electron chi connectivity index (χ3n) is 3.80. The zero-order valence-corrected chi connectivity index (χ0v) is 14.7. The zero-order valence-electron chi connectivity index (χ0n) is 13.9. The predicted octanol–water partition coefficient (Wildman–Crippen LogP) is 3.05. The van der Waals surface area contributed by atoms with E-state index in [1.54, 1.807) is 19.1 Å². The van der Waals surface area contributed by atoms with E-state index in [4.69, 9.17) is 9.26 Å². The summed E-state index contributed by atoms with van der Waals surface area (Å²) < 4.78 is 11.3. The van der Waals surface area contributed by atoms with E-state index < -0.39 is 0 Å². The lowest BCUT2D eigenvalue weighted by atomic mass is 10.1. The Hall–Kier alpha value is -2.25. The molecule has 0 radical (unpaired) electrons. The minimum atomic E-state index is -0.0367. The quantitative estimate of drug-likeness (QED) is 0.687. The van der Waals surface area contributed by atoms with E-state index in [9.17, 15) is 4.79 Å². The molecule has 0 N–H and O–H groups in total. The minimum Gasteiger partial charge on any atom is -0.384 e. The molecule has 1 aromatic carbocycles. The van der Waals surface area contributed by atoms with Crippen LogP contribution in [0.4, 0.5) is 0 Å². The highest BCUT2D eigenvalue weighted by Crippen LogP contribution is 2.31. The van der Waals surface area contributed by atoms with Gasteiger partial charge in [-0.05, 0) is 23.9 Å². The van der Waals surface area contributed by atoms with E-state index >= 15 is 0 Å². The van der Waals surface area contributed by atoms with E-state index in [0.717, 1.165) is 20.5 Å². The Balaban J connectivity index is 1.74. The first-order valence-electron chi connectivity index (χ1n) is 7.64. The van der Waals surface area contributed by atoms with E-state index in [-0.39, 0.29) is 12.5 Å². The van der Waals surface area contributed by atoms with Crippen molar-refractivity contribution in [1.82, 2.24) is 15.0 Å². The monoisotopic (exact) mass is 345 g/mol. The van der Waals surface area contributed by atoms with Crippen molar-refractivity contribution in [2.24, 2.45) is 0 Å². The average Bonchev–Trinajstić information content (AvgIpc) is 3.17. The van der Waals surface area contributed by atoms with Gasteiger partial charge in [-0.2, -0.15) is 4.98 Å². The first-order valence-corrected chi connectivity index (χ1v) is 8.45. The van der Waals surface area contributed by atoms with Crippen molar-refractivity contribution < 1.29 is 14.1 Å². The summed E-state index contributed by atoms with van der Waals surface area (Å²) in [5, 5.41) is 5.01. The first-order chi connectivity index (χ1) is 11.6. The number of benzene rings is 1. The van der Waals surface area contributed by atoms with Crippen molar-refractivity contribution in [2.75, 3.05) is 20.8 Å². The van der Waals surface area contributed by atoms with Crippen molar-refractivity contribution >= 4 is 27.3 Å². The number of rotatable bonds is 6. The molecular weight excluding hydrogens is 326 g/mol. The maximum atomic E-state index is 12.7. The number of amides is 1. The standard InChI is InChI=1S/C17H19N3O3S/c1-11-12-6-4-5-7-13(12)24-16(11)17(21)20(2)10-15-18-14(19-23-15)8-9-22-3/h4-7H,8-10H2,1-3H3. The lowest BCUT2D eigenvalue weighted by Crippen LogP contribution is -2.26. The Morgan fingerprint density at radius 3 is 2.92 bits per heavy atom. The second kappa shape index (κ2) is 7.11. The number of fused-ring (bicyclic) bond motifs is 1. The molecule has 0 saturated heterocycles. The van der Waals surface area contributed by atoms with Crippen molar-refractivity contribution in [3.63, 3.8) is 0 Å². The van der Waals surface area contributed by atoms with Crippen LogP contribution in [0.3, 0.4) is 0 Å². The van der Waals surface area contributed by atoms with Crippen LogP contribution in [-0.2, 0) is 17.7 Å². The Morgan fingerprint density at radius 2 is 2.17 bits per heavy atom. The average molecular weight is 345 g/mol. The third-order valence-corrected chi connectivity index (χ3v) is 5.06. The highest BCUT2D eigenvalue weighted by molar-refractivity contribution is 7.21. The van der Waals surface area contributed by atoms with Gasteiger partial charge in [0.2, 0.25) is 5.89 Å². The fourth-order valence-electron chi connectivity index (χ4n) is 2.48. The van der Waals surface area contributed by atoms with Gasteiger partial charge in [0.15, 0.2) is 5.82 Å². The van der Waals surface area contributed by atoms with Crippen LogP contribution in [0.5, 0.6) is 0 Å². The number of hydrogen-bond acceptors (Lipinski definition) is 6. The van der Waals surface area contributed by atoms with Crippen LogP contribution in [-0.4, -0.2) is 41.7 Å². The van der Waals surface area contributed by atoms with Gasteiger partial charge in [-0.3, -0.25) is 4.79 Å². The maximum Gasteiger partial charge on any atom is 0.264 e. The van der Waals surface area contributed by atoms with Crippen LogP contribution in [0, 0.1) is 6.92 Å². The molecule has 3 aromatic rings. The Labute approximate surface area is 144 Å². The Kier molecular flexibility index (Phi) is 4.92. The molecule has 6 nitrogen and oxygen atoms in total. The lowest BCUT2D eigenvalue weighted by molar-refractivity contribution is 0.0774. The van der Waals surface area contributed by atoms with Gasteiger partial charge in [-0.25, -0.2) is 0 Å². The topological polar surface area (TPSA) is 68.5 Å². The molecule has 0 aliphatic carbocycles. The summed E-state index contributed by atoms with van der Waals surface area (Å²) in [6, 6.07) is 8.04. The fourth-order valence-corrected chi connectivity index (χ4v) is 3.68. The van der Waals surface area contributed by atoms with Gasteiger partial charge in [-0.1, -0.05) is 23.4 Å². The number of carbonyl (C=O) groups excluding carboxylic acids is 1. The smallest absolute Gasteiger partial charge is 0.264 e. The second-order valence-electron chi connectivity index (χ2n) is 5.56. The normalized spacial score (nSPS) is 11.1. The van der Waals surface area contributed by atoms with Gasteiger partial charge in [0.05, 0.1) is 11.5 Å². The van der Waals surface area contributed by atoms with Crippen molar-refractivity contribution in [3.05, 3.63) is 46.4 Å². The van der Waals surface area contributed by atoms with Crippen LogP contribution < -0.4 is 0 Å². The predicted molar refractivity (Wildman–Crippen MR) is 92.2 cm³/mol. The van der Waals surface area contributed by atoms with Crippen molar-refractivity contribution in [3.8, 4) is 0 Å². The first kappa shape index (κ1) is 16.6. The summed E-state index contributed by atoms with van der Waals surface area (Å²) >= 11 is 1.51. The summed E-state index contributed by atoms with van der Waals surface area (Å²) in [6.07, 6.45) is 0.590. The number of thiophene rings is 1. The van der Waals surface area contributed by atoms with Gasteiger partial charge < -0.3 is 14.2 Å². The molecule has 0 fully saturated rings. The molecule has 0 unspecified atom stereocenters. The second-order valence-corrected chi connectivity index (χ2v) is 6.61. The summed E-state index contributed by atoms with van der Waals surface area (Å²) in [6.45, 7) is 2.80. The van der Waals surface area contributed by atoms with Crippen LogP contribution in [0.15, 0.2) is 28.8 Å². The molecule has 126 valence electrons. The van der Waals surface area contributed by atoms with E-state index in [1.165, 1.54) is 11.3 Å². The molecule has 2 aromatic heterocycles. The number of ether oxygens (including phenoxy) is 1. The molecule has 7 heteroatoms. The fraction of sp³-hybridized carbons (Fsp3) is 0.353. The van der Waals surface area contributed by atoms with E-state index in [0.29, 0.717) is 24.7 Å². The summed E-state index contributed by atoms with van der Waals surface area (Å²) in [7, 11) is 3.37. The molecular formula is C17H19N3O3S. The van der Waals surface area contributed by atoms with Gasteiger partial charge in [0.1, 0.15) is 6.54 Å². The molecule has 0 aliphatic rings. The highest BCUT2D eigenvalue weighted by Gasteiger charge is 2.20.